The predicted molar refractivity (Wildman–Crippen MR) is 161 cm³/mol. The topological polar surface area (TPSA) is 156 Å². The fraction of sp³-hybridized carbons (Fsp3) is 0.172. The molecule has 3 aromatic heterocycles. The van der Waals surface area contributed by atoms with Crippen LogP contribution in [0, 0.1) is 6.92 Å². The number of aromatic amines is 2. The molecular weight excluding hydrogens is 575 g/mol. The number of hydrogen-bond acceptors (Lipinski definition) is 7. The van der Waals surface area contributed by atoms with E-state index in [4.69, 9.17) is 33.9 Å². The van der Waals surface area contributed by atoms with Gasteiger partial charge in [-0.25, -0.2) is 4.98 Å². The summed E-state index contributed by atoms with van der Waals surface area (Å²) in [5.41, 5.74) is 10.7. The van der Waals surface area contributed by atoms with E-state index in [0.717, 1.165) is 33.3 Å². The summed E-state index contributed by atoms with van der Waals surface area (Å²) < 4.78 is 1.63. The zero-order chi connectivity index (χ0) is 29.2. The number of fused-ring (bicyclic) bond motifs is 1. The first-order chi connectivity index (χ1) is 20.4. The van der Waals surface area contributed by atoms with Gasteiger partial charge in [-0.2, -0.15) is 9.78 Å². The third-order valence-corrected chi connectivity index (χ3v) is 7.52. The number of tetrazole rings is 1. The standard InChI is InChI=1S/C29H26Cl2N10O/c1-16-36-39-40-41(16)24-11-9-20(30)14-18(24)8-12-25(42)33-23(13-17-5-3-2-4-6-17)29-34-26(27(31)35-29)19-7-10-21-22(15-19)37-38-28(21)32/h2-7,9-11,14-15,23H,8,12-13H2,1H3,(H,33,42)(H,34,35)(H3,32,37,38). The highest BCUT2D eigenvalue weighted by molar-refractivity contribution is 6.32. The molecule has 0 spiro atoms. The maximum atomic E-state index is 13.4. The second-order valence-electron chi connectivity index (χ2n) is 9.87. The van der Waals surface area contributed by atoms with E-state index in [1.165, 1.54) is 0 Å². The Kier molecular flexibility index (Phi) is 7.60. The number of carbonyl (C=O) groups is 1. The van der Waals surface area contributed by atoms with Crippen molar-refractivity contribution < 1.29 is 4.79 Å². The van der Waals surface area contributed by atoms with Crippen LogP contribution in [-0.2, 0) is 17.6 Å². The average Bonchev–Trinajstić information content (AvgIpc) is 3.70. The van der Waals surface area contributed by atoms with Crippen molar-refractivity contribution in [2.75, 3.05) is 5.73 Å². The van der Waals surface area contributed by atoms with Crippen molar-refractivity contribution in [2.24, 2.45) is 0 Å². The number of carbonyl (C=O) groups excluding carboxylic acids is 1. The van der Waals surface area contributed by atoms with Crippen molar-refractivity contribution in [3.05, 3.63) is 99.7 Å². The number of anilines is 1. The second kappa shape index (κ2) is 11.6. The molecule has 6 aromatic rings. The minimum atomic E-state index is -0.460. The third-order valence-electron chi connectivity index (χ3n) is 7.01. The number of nitrogens with zero attached hydrogens (tertiary/aromatic N) is 6. The maximum absolute atomic E-state index is 13.4. The van der Waals surface area contributed by atoms with Crippen LogP contribution in [-0.4, -0.2) is 46.3 Å². The number of nitrogen functional groups attached to an aromatic ring is 1. The first-order valence-electron chi connectivity index (χ1n) is 13.2. The summed E-state index contributed by atoms with van der Waals surface area (Å²) >= 11 is 12.9. The second-order valence-corrected chi connectivity index (χ2v) is 10.7. The minimum Gasteiger partial charge on any atom is -0.382 e. The Balaban J connectivity index is 1.25. The lowest BCUT2D eigenvalue weighted by Crippen LogP contribution is -2.31. The molecule has 0 bridgehead atoms. The number of H-pyrrole nitrogens is 2. The highest BCUT2D eigenvalue weighted by Crippen LogP contribution is 2.31. The molecule has 5 N–H and O–H groups in total. The van der Waals surface area contributed by atoms with Gasteiger partial charge >= 0.3 is 0 Å². The number of benzene rings is 3. The summed E-state index contributed by atoms with van der Waals surface area (Å²) in [5.74, 6) is 1.45. The van der Waals surface area contributed by atoms with E-state index < -0.39 is 6.04 Å². The molecule has 3 heterocycles. The normalized spacial score (nSPS) is 12.1. The molecular formula is C29H26Cl2N10O. The number of halogens is 2. The van der Waals surface area contributed by atoms with E-state index >= 15 is 0 Å². The monoisotopic (exact) mass is 600 g/mol. The first-order valence-corrected chi connectivity index (χ1v) is 14.0. The van der Waals surface area contributed by atoms with Gasteiger partial charge in [0.2, 0.25) is 5.91 Å². The molecule has 1 unspecified atom stereocenters. The van der Waals surface area contributed by atoms with Crippen molar-refractivity contribution in [1.29, 1.82) is 0 Å². The molecule has 11 nitrogen and oxygen atoms in total. The molecule has 0 saturated heterocycles. The number of aromatic nitrogens is 8. The van der Waals surface area contributed by atoms with Crippen LogP contribution >= 0.6 is 23.2 Å². The van der Waals surface area contributed by atoms with E-state index in [1.54, 1.807) is 10.7 Å². The average molecular weight is 602 g/mol. The maximum Gasteiger partial charge on any atom is 0.220 e. The van der Waals surface area contributed by atoms with E-state index in [-0.39, 0.29) is 12.3 Å². The number of hydrogen-bond donors (Lipinski definition) is 4. The number of nitrogens with two attached hydrogens (primary N) is 1. The van der Waals surface area contributed by atoms with Gasteiger partial charge in [-0.1, -0.05) is 59.6 Å². The fourth-order valence-corrected chi connectivity index (χ4v) is 5.35. The van der Waals surface area contributed by atoms with Gasteiger partial charge in [0.15, 0.2) is 11.6 Å². The van der Waals surface area contributed by atoms with Crippen LogP contribution in [0.2, 0.25) is 10.2 Å². The molecule has 13 heteroatoms. The lowest BCUT2D eigenvalue weighted by atomic mass is 10.0. The predicted octanol–water partition coefficient (Wildman–Crippen LogP) is 5.16. The first kappa shape index (κ1) is 27.4. The SMILES string of the molecule is Cc1nnnn1-c1ccc(Cl)cc1CCC(=O)NC(Cc1ccccc1)c1nc(-c2ccc3c(N)n[nH]c3c2)c(Cl)[nH]1. The van der Waals surface area contributed by atoms with Gasteiger partial charge in [0, 0.05) is 22.4 Å². The van der Waals surface area contributed by atoms with Gasteiger partial charge in [0.1, 0.15) is 16.7 Å². The molecule has 3 aromatic carbocycles. The molecule has 1 amide bonds. The number of aryl methyl sites for hydroxylation is 2. The summed E-state index contributed by atoms with van der Waals surface area (Å²) in [6, 6.07) is 20.5. The van der Waals surface area contributed by atoms with Crippen LogP contribution in [0.25, 0.3) is 27.8 Å². The third kappa shape index (κ3) is 5.69. The van der Waals surface area contributed by atoms with Crippen molar-refractivity contribution in [3.63, 3.8) is 0 Å². The van der Waals surface area contributed by atoms with Crippen molar-refractivity contribution in [2.45, 2.75) is 32.2 Å². The molecule has 0 saturated carbocycles. The Labute approximate surface area is 250 Å². The molecule has 6 rings (SSSR count). The zero-order valence-electron chi connectivity index (χ0n) is 22.5. The van der Waals surface area contributed by atoms with E-state index in [0.29, 0.717) is 46.2 Å². The van der Waals surface area contributed by atoms with Crippen molar-refractivity contribution in [3.8, 4) is 16.9 Å². The van der Waals surface area contributed by atoms with Gasteiger partial charge < -0.3 is 16.0 Å². The number of nitrogens with one attached hydrogen (secondary N) is 3. The lowest BCUT2D eigenvalue weighted by molar-refractivity contribution is -0.121. The summed E-state index contributed by atoms with van der Waals surface area (Å²) in [4.78, 5) is 21.4. The van der Waals surface area contributed by atoms with E-state index in [9.17, 15) is 4.79 Å². The number of amides is 1. The summed E-state index contributed by atoms with van der Waals surface area (Å²) in [7, 11) is 0. The van der Waals surface area contributed by atoms with E-state index in [2.05, 4.69) is 36.0 Å². The molecule has 0 fully saturated rings. The molecule has 1 atom stereocenters. The van der Waals surface area contributed by atoms with Crippen molar-refractivity contribution >= 4 is 45.8 Å². The quantitative estimate of drug-likeness (QED) is 0.178. The summed E-state index contributed by atoms with van der Waals surface area (Å²) in [6.45, 7) is 1.81. The fourth-order valence-electron chi connectivity index (χ4n) is 4.91. The molecule has 0 aliphatic heterocycles. The van der Waals surface area contributed by atoms with Crippen LogP contribution in [0.4, 0.5) is 5.82 Å². The number of imidazole rings is 1. The van der Waals surface area contributed by atoms with Crippen LogP contribution in [0.15, 0.2) is 66.7 Å². The zero-order valence-corrected chi connectivity index (χ0v) is 24.0. The Bertz CT molecular complexity index is 1880. The highest BCUT2D eigenvalue weighted by atomic mass is 35.5. The van der Waals surface area contributed by atoms with Crippen LogP contribution < -0.4 is 11.1 Å². The van der Waals surface area contributed by atoms with Crippen LogP contribution in [0.3, 0.4) is 0 Å². The highest BCUT2D eigenvalue weighted by Gasteiger charge is 2.22. The Morgan fingerprint density at radius 1 is 1.10 bits per heavy atom. The molecule has 0 radical (unpaired) electrons. The summed E-state index contributed by atoms with van der Waals surface area (Å²) in [6.07, 6.45) is 1.15. The Hall–Kier alpha value is -4.74. The lowest BCUT2D eigenvalue weighted by Gasteiger charge is -2.17. The number of rotatable bonds is 9. The minimum absolute atomic E-state index is 0.154. The Morgan fingerprint density at radius 2 is 1.93 bits per heavy atom. The van der Waals surface area contributed by atoms with Crippen LogP contribution in [0.1, 0.15) is 35.2 Å². The Morgan fingerprint density at radius 3 is 2.71 bits per heavy atom. The van der Waals surface area contributed by atoms with Crippen LogP contribution in [0.5, 0.6) is 0 Å². The van der Waals surface area contributed by atoms with Gasteiger partial charge in [-0.05, 0) is 71.7 Å². The molecule has 0 aliphatic rings. The van der Waals surface area contributed by atoms with Gasteiger partial charge in [0.25, 0.3) is 0 Å². The van der Waals surface area contributed by atoms with Gasteiger partial charge in [-0.3, -0.25) is 9.89 Å². The van der Waals surface area contributed by atoms with Crippen molar-refractivity contribution in [1.82, 2.24) is 45.7 Å². The summed E-state index contributed by atoms with van der Waals surface area (Å²) in [5, 5.41) is 23.7. The smallest absolute Gasteiger partial charge is 0.220 e. The molecule has 212 valence electrons. The van der Waals surface area contributed by atoms with Gasteiger partial charge in [-0.15, -0.1) is 5.10 Å². The van der Waals surface area contributed by atoms with Gasteiger partial charge in [0.05, 0.1) is 17.2 Å². The molecule has 0 aliphatic carbocycles. The largest absolute Gasteiger partial charge is 0.382 e. The molecule has 42 heavy (non-hydrogen) atoms. The van der Waals surface area contributed by atoms with E-state index in [1.807, 2.05) is 67.6 Å².